The van der Waals surface area contributed by atoms with E-state index < -0.39 is 109 Å². The van der Waals surface area contributed by atoms with Gasteiger partial charge in [0.25, 0.3) is 0 Å². The minimum Gasteiger partial charge on any atom is -0.462 e. The Morgan fingerprint density at radius 1 is 0.660 bits per heavy atom. The van der Waals surface area contributed by atoms with Gasteiger partial charge in [-0.05, 0) is 33.4 Å². The summed E-state index contributed by atoms with van der Waals surface area (Å²) in [6, 6.07) is 0. The van der Waals surface area contributed by atoms with Crippen molar-refractivity contribution in [3.05, 3.63) is 0 Å². The molecule has 10 atom stereocenters. The standard InChI is InChI=1S/C30H46O16S/c1-11-47-28(37-13-20-22-24(44-29(7,8)43-22)25-27(42-20)46-30(9,10)45-25)26(41-18(6)35)23(40-17(5)34)21(39-16(4)33)19(38-15(3)32)12-36-14(2)31/h19-28H,11-13H2,1-10H3/t19-,20-,21-,22+,23+,24+,25-,26+,27-,28-/m1/s1. The van der Waals surface area contributed by atoms with Gasteiger partial charge in [-0.25, -0.2) is 0 Å². The first-order chi connectivity index (χ1) is 21.8. The van der Waals surface area contributed by atoms with Gasteiger partial charge in [-0.15, -0.1) is 11.8 Å². The first-order valence-electron chi connectivity index (χ1n) is 15.2. The van der Waals surface area contributed by atoms with E-state index in [1.54, 1.807) is 27.7 Å². The van der Waals surface area contributed by atoms with E-state index in [0.717, 1.165) is 34.6 Å². The fraction of sp³-hybridized carbons (Fsp3) is 0.833. The molecule has 268 valence electrons. The third-order valence-electron chi connectivity index (χ3n) is 6.96. The minimum atomic E-state index is -1.61. The van der Waals surface area contributed by atoms with Gasteiger partial charge >= 0.3 is 29.8 Å². The summed E-state index contributed by atoms with van der Waals surface area (Å²) in [6.45, 7) is 13.7. The van der Waals surface area contributed by atoms with Crippen molar-refractivity contribution in [2.75, 3.05) is 19.0 Å². The second-order valence-electron chi connectivity index (χ2n) is 12.0. The van der Waals surface area contributed by atoms with Crippen LogP contribution in [0.25, 0.3) is 0 Å². The molecule has 0 N–H and O–H groups in total. The Kier molecular flexibility index (Phi) is 13.4. The van der Waals surface area contributed by atoms with Crippen LogP contribution in [0, 0.1) is 0 Å². The molecule has 47 heavy (non-hydrogen) atoms. The van der Waals surface area contributed by atoms with Gasteiger partial charge in [0, 0.05) is 34.6 Å². The molecule has 0 aliphatic carbocycles. The van der Waals surface area contributed by atoms with E-state index >= 15 is 0 Å². The third kappa shape index (κ3) is 11.0. The molecule has 3 rings (SSSR count). The Morgan fingerprint density at radius 3 is 1.72 bits per heavy atom. The first-order valence-corrected chi connectivity index (χ1v) is 16.3. The number of hydrogen-bond acceptors (Lipinski definition) is 17. The van der Waals surface area contributed by atoms with Gasteiger partial charge < -0.3 is 52.1 Å². The zero-order valence-electron chi connectivity index (χ0n) is 28.3. The van der Waals surface area contributed by atoms with Crippen molar-refractivity contribution in [2.45, 2.75) is 141 Å². The second-order valence-corrected chi connectivity index (χ2v) is 13.4. The highest BCUT2D eigenvalue weighted by atomic mass is 32.2. The van der Waals surface area contributed by atoms with Crippen LogP contribution >= 0.6 is 11.8 Å². The largest absolute Gasteiger partial charge is 0.462 e. The van der Waals surface area contributed by atoms with E-state index in [0.29, 0.717) is 5.75 Å². The van der Waals surface area contributed by atoms with Crippen LogP contribution in [0.3, 0.4) is 0 Å². The number of ether oxygens (including phenoxy) is 11. The lowest BCUT2D eigenvalue weighted by Gasteiger charge is -2.40. The molecular weight excluding hydrogens is 648 g/mol. The molecule has 0 saturated carbocycles. The lowest BCUT2D eigenvalue weighted by atomic mass is 9.99. The maximum Gasteiger partial charge on any atom is 0.303 e. The van der Waals surface area contributed by atoms with Crippen LogP contribution in [0.5, 0.6) is 0 Å². The summed E-state index contributed by atoms with van der Waals surface area (Å²) in [5.74, 6) is -5.50. The number of carbonyl (C=O) groups is 5. The molecule has 3 aliphatic rings. The monoisotopic (exact) mass is 694 g/mol. The summed E-state index contributed by atoms with van der Waals surface area (Å²) in [5.41, 5.74) is -1.08. The Balaban J connectivity index is 1.98. The van der Waals surface area contributed by atoms with Crippen LogP contribution in [-0.4, -0.2) is 121 Å². The SMILES string of the molecule is CCS[C@@H](OC[C@H]1O[C@@H]2OC(C)(C)O[C@@H]2[C@H]2OC(C)(C)O[C@H]21)[C@@H](OC(C)=O)[C@@H](OC(C)=O)[C@H](OC(C)=O)[C@@H](COC(C)=O)OC(C)=O. The van der Waals surface area contributed by atoms with Gasteiger partial charge in [0.05, 0.1) is 6.61 Å². The van der Waals surface area contributed by atoms with Gasteiger partial charge in [-0.3, -0.25) is 24.0 Å². The molecular formula is C30H46O16S. The summed E-state index contributed by atoms with van der Waals surface area (Å²) in [5, 5.41) is 0. The van der Waals surface area contributed by atoms with E-state index in [-0.39, 0.29) is 6.61 Å². The number of hydrogen-bond donors (Lipinski definition) is 0. The normalized spacial score (nSPS) is 28.8. The summed E-state index contributed by atoms with van der Waals surface area (Å²) >= 11 is 1.19. The average Bonchev–Trinajstić information content (AvgIpc) is 3.42. The van der Waals surface area contributed by atoms with Crippen molar-refractivity contribution in [3.8, 4) is 0 Å². The first kappa shape index (κ1) is 38.9. The molecule has 3 saturated heterocycles. The fourth-order valence-electron chi connectivity index (χ4n) is 5.56. The van der Waals surface area contributed by atoms with E-state index in [1.165, 1.54) is 11.8 Å². The van der Waals surface area contributed by atoms with Gasteiger partial charge in [0.2, 0.25) is 0 Å². The molecule has 3 heterocycles. The van der Waals surface area contributed by atoms with Crippen LogP contribution in [0.2, 0.25) is 0 Å². The lowest BCUT2D eigenvalue weighted by molar-refractivity contribution is -0.247. The molecule has 0 aromatic heterocycles. The third-order valence-corrected chi connectivity index (χ3v) is 8.03. The molecule has 3 fully saturated rings. The number of fused-ring (bicyclic) bond motifs is 3. The number of thioether (sulfide) groups is 1. The zero-order valence-corrected chi connectivity index (χ0v) is 29.2. The van der Waals surface area contributed by atoms with Crippen molar-refractivity contribution in [1.82, 2.24) is 0 Å². The number of esters is 5. The van der Waals surface area contributed by atoms with E-state index in [1.807, 2.05) is 6.92 Å². The molecule has 16 nitrogen and oxygen atoms in total. The highest BCUT2D eigenvalue weighted by molar-refractivity contribution is 7.99. The summed E-state index contributed by atoms with van der Waals surface area (Å²) < 4.78 is 64.2. The molecule has 0 radical (unpaired) electrons. The van der Waals surface area contributed by atoms with Crippen LogP contribution in [0.4, 0.5) is 0 Å². The van der Waals surface area contributed by atoms with Crippen LogP contribution in [-0.2, 0) is 76.1 Å². The highest BCUT2D eigenvalue weighted by Crippen LogP contribution is 2.44. The molecule has 0 amide bonds. The second kappa shape index (κ2) is 16.2. The van der Waals surface area contributed by atoms with Crippen molar-refractivity contribution in [1.29, 1.82) is 0 Å². The number of rotatable bonds is 15. The fourth-order valence-corrected chi connectivity index (χ4v) is 6.46. The zero-order chi connectivity index (χ0) is 35.3. The molecule has 3 aliphatic heterocycles. The van der Waals surface area contributed by atoms with Gasteiger partial charge in [0.1, 0.15) is 36.5 Å². The summed E-state index contributed by atoms with van der Waals surface area (Å²) in [4.78, 5) is 61.0. The van der Waals surface area contributed by atoms with Crippen molar-refractivity contribution in [2.24, 2.45) is 0 Å². The molecule has 17 heteroatoms. The lowest BCUT2D eigenvalue weighted by Crippen LogP contribution is -2.58. The van der Waals surface area contributed by atoms with E-state index in [4.69, 9.17) is 52.1 Å². The molecule has 0 bridgehead atoms. The van der Waals surface area contributed by atoms with Crippen LogP contribution in [0.15, 0.2) is 0 Å². The van der Waals surface area contributed by atoms with Crippen LogP contribution < -0.4 is 0 Å². The number of carbonyl (C=O) groups excluding carboxylic acids is 5. The smallest absolute Gasteiger partial charge is 0.303 e. The molecule has 0 aromatic rings. The molecule has 0 unspecified atom stereocenters. The topological polar surface area (TPSA) is 187 Å². The Hall–Kier alpha value is -2.54. The van der Waals surface area contributed by atoms with Gasteiger partial charge in [0.15, 0.2) is 42.3 Å². The van der Waals surface area contributed by atoms with Gasteiger partial charge in [-0.2, -0.15) is 0 Å². The Labute approximate surface area is 277 Å². The summed E-state index contributed by atoms with van der Waals surface area (Å²) in [7, 11) is 0. The Morgan fingerprint density at radius 2 is 1.17 bits per heavy atom. The predicted molar refractivity (Wildman–Crippen MR) is 159 cm³/mol. The Bertz CT molecular complexity index is 1140. The maximum atomic E-state index is 12.5. The molecule has 0 spiro atoms. The van der Waals surface area contributed by atoms with Crippen molar-refractivity contribution >= 4 is 41.6 Å². The van der Waals surface area contributed by atoms with Crippen LogP contribution in [0.1, 0.15) is 69.2 Å². The van der Waals surface area contributed by atoms with E-state index in [9.17, 15) is 24.0 Å². The van der Waals surface area contributed by atoms with Crippen molar-refractivity contribution in [3.63, 3.8) is 0 Å². The maximum absolute atomic E-state index is 12.5. The molecule has 0 aromatic carbocycles. The van der Waals surface area contributed by atoms with Crippen molar-refractivity contribution < 1.29 is 76.1 Å². The summed E-state index contributed by atoms with van der Waals surface area (Å²) in [6.07, 6.45) is -9.46. The van der Waals surface area contributed by atoms with Gasteiger partial charge in [-0.1, -0.05) is 6.92 Å². The minimum absolute atomic E-state index is 0.144. The quantitative estimate of drug-likeness (QED) is 0.137. The van der Waals surface area contributed by atoms with E-state index in [2.05, 4.69) is 0 Å². The predicted octanol–water partition coefficient (Wildman–Crippen LogP) is 1.77. The highest BCUT2D eigenvalue weighted by Gasteiger charge is 2.61. The average molecular weight is 695 g/mol.